The van der Waals surface area contributed by atoms with Crippen molar-refractivity contribution in [3.63, 3.8) is 0 Å². The molecule has 2 atom stereocenters. The van der Waals surface area contributed by atoms with E-state index >= 15 is 0 Å². The zero-order valence-electron chi connectivity index (χ0n) is 23.7. The van der Waals surface area contributed by atoms with E-state index in [0.29, 0.717) is 16.3 Å². The largest absolute Gasteiger partial charge is 0.352 e. The van der Waals surface area contributed by atoms with Crippen molar-refractivity contribution >= 4 is 39.1 Å². The molecule has 3 aromatic carbocycles. The van der Waals surface area contributed by atoms with Gasteiger partial charge in [0.15, 0.2) is 0 Å². The first-order valence-corrected chi connectivity index (χ1v) is 15.6. The van der Waals surface area contributed by atoms with Crippen LogP contribution in [0.15, 0.2) is 72.8 Å². The molecule has 0 aliphatic heterocycles. The predicted molar refractivity (Wildman–Crippen MR) is 162 cm³/mol. The Bertz CT molecular complexity index is 1430. The zero-order valence-corrected chi connectivity index (χ0v) is 25.3. The van der Waals surface area contributed by atoms with Gasteiger partial charge in [-0.25, -0.2) is 8.42 Å². The number of nitrogens with one attached hydrogen (secondary N) is 1. The van der Waals surface area contributed by atoms with E-state index in [0.717, 1.165) is 33.7 Å². The van der Waals surface area contributed by atoms with Crippen molar-refractivity contribution in [3.05, 3.63) is 100 Å². The number of rotatable bonds is 12. The van der Waals surface area contributed by atoms with Crippen LogP contribution in [0.3, 0.4) is 0 Å². The molecule has 0 spiro atoms. The summed E-state index contributed by atoms with van der Waals surface area (Å²) in [5.41, 5.74) is 3.59. The fourth-order valence-electron chi connectivity index (χ4n) is 4.43. The molecule has 0 aliphatic carbocycles. The number of nitrogens with zero attached hydrogens (tertiary/aromatic N) is 2. The van der Waals surface area contributed by atoms with E-state index in [1.54, 1.807) is 25.1 Å². The average molecular weight is 584 g/mol. The van der Waals surface area contributed by atoms with Gasteiger partial charge in [0.2, 0.25) is 21.8 Å². The lowest BCUT2D eigenvalue weighted by atomic mass is 10.0. The molecule has 3 rings (SSSR count). The standard InChI is InChI=1S/C31H38ClN3O4S/c1-6-23(3)33-31(37)29(19-25-14-8-7-9-15-25)34(20-26-16-11-10-13-22(26)2)30(36)21-35(40(5,38)39)28-18-12-17-27(32)24(28)4/h7-18,23,29H,6,19-21H2,1-5H3,(H,33,37). The third kappa shape index (κ3) is 8.08. The topological polar surface area (TPSA) is 86.8 Å². The highest BCUT2D eigenvalue weighted by Crippen LogP contribution is 2.29. The van der Waals surface area contributed by atoms with Crippen LogP contribution in [0.4, 0.5) is 5.69 Å². The van der Waals surface area contributed by atoms with Crippen LogP contribution in [-0.4, -0.2) is 50.0 Å². The number of hydrogen-bond acceptors (Lipinski definition) is 4. The number of carbonyl (C=O) groups excluding carboxylic acids is 2. The van der Waals surface area contributed by atoms with Gasteiger partial charge in [-0.3, -0.25) is 13.9 Å². The second kappa shape index (κ2) is 13.8. The van der Waals surface area contributed by atoms with Gasteiger partial charge >= 0.3 is 0 Å². The Balaban J connectivity index is 2.10. The average Bonchev–Trinajstić information content (AvgIpc) is 2.91. The molecule has 3 aromatic rings. The Morgan fingerprint density at radius 3 is 2.23 bits per heavy atom. The van der Waals surface area contributed by atoms with E-state index < -0.39 is 28.5 Å². The van der Waals surface area contributed by atoms with Crippen LogP contribution in [0.2, 0.25) is 5.02 Å². The lowest BCUT2D eigenvalue weighted by molar-refractivity contribution is -0.140. The first-order valence-electron chi connectivity index (χ1n) is 13.3. The first kappa shape index (κ1) is 31.2. The molecule has 9 heteroatoms. The lowest BCUT2D eigenvalue weighted by Gasteiger charge is -2.34. The van der Waals surface area contributed by atoms with E-state index in [-0.39, 0.29) is 24.9 Å². The molecule has 0 saturated carbocycles. The quantitative estimate of drug-likeness (QED) is 0.314. The molecule has 214 valence electrons. The minimum atomic E-state index is -3.87. The summed E-state index contributed by atoms with van der Waals surface area (Å²) < 4.78 is 27.0. The summed E-state index contributed by atoms with van der Waals surface area (Å²) in [6.07, 6.45) is 2.06. The van der Waals surface area contributed by atoms with Crippen LogP contribution in [-0.2, 0) is 32.6 Å². The smallest absolute Gasteiger partial charge is 0.244 e. The number of aryl methyl sites for hydroxylation is 1. The van der Waals surface area contributed by atoms with E-state index in [9.17, 15) is 18.0 Å². The number of anilines is 1. The molecule has 0 bridgehead atoms. The summed E-state index contributed by atoms with van der Waals surface area (Å²) in [5, 5.41) is 3.43. The normalized spacial score (nSPS) is 12.8. The second-order valence-corrected chi connectivity index (χ2v) is 12.4. The number of sulfonamides is 1. The Kier molecular flexibility index (Phi) is 10.8. The van der Waals surface area contributed by atoms with Crippen molar-refractivity contribution < 1.29 is 18.0 Å². The molecule has 7 nitrogen and oxygen atoms in total. The maximum atomic E-state index is 14.2. The Morgan fingerprint density at radius 2 is 1.60 bits per heavy atom. The molecule has 0 saturated heterocycles. The van der Waals surface area contributed by atoms with E-state index in [4.69, 9.17) is 11.6 Å². The van der Waals surface area contributed by atoms with E-state index in [2.05, 4.69) is 5.32 Å². The summed E-state index contributed by atoms with van der Waals surface area (Å²) in [5.74, 6) is -0.779. The summed E-state index contributed by atoms with van der Waals surface area (Å²) in [6.45, 7) is 7.21. The van der Waals surface area contributed by atoms with Crippen LogP contribution in [0, 0.1) is 13.8 Å². The molecule has 0 aliphatic rings. The SMILES string of the molecule is CCC(C)NC(=O)C(Cc1ccccc1)N(Cc1ccccc1C)C(=O)CN(c1cccc(Cl)c1C)S(C)(=O)=O. The van der Waals surface area contributed by atoms with Gasteiger partial charge in [0.1, 0.15) is 12.6 Å². The molecular formula is C31H38ClN3O4S. The number of amides is 2. The molecule has 0 fully saturated rings. The number of hydrogen-bond donors (Lipinski definition) is 1. The maximum absolute atomic E-state index is 14.2. The predicted octanol–water partition coefficient (Wildman–Crippen LogP) is 5.28. The Labute approximate surface area is 243 Å². The second-order valence-electron chi connectivity index (χ2n) is 10.1. The van der Waals surface area contributed by atoms with Gasteiger partial charge in [0.25, 0.3) is 0 Å². The molecule has 1 N–H and O–H groups in total. The fourth-order valence-corrected chi connectivity index (χ4v) is 5.50. The third-order valence-electron chi connectivity index (χ3n) is 7.06. The van der Waals surface area contributed by atoms with Crippen molar-refractivity contribution in [3.8, 4) is 0 Å². The van der Waals surface area contributed by atoms with Crippen LogP contribution >= 0.6 is 11.6 Å². The van der Waals surface area contributed by atoms with Gasteiger partial charge in [-0.15, -0.1) is 0 Å². The van der Waals surface area contributed by atoms with Crippen molar-refractivity contribution in [2.75, 3.05) is 17.1 Å². The van der Waals surface area contributed by atoms with Crippen LogP contribution in [0.1, 0.15) is 42.5 Å². The van der Waals surface area contributed by atoms with Crippen LogP contribution in [0.5, 0.6) is 0 Å². The number of carbonyl (C=O) groups is 2. The Morgan fingerprint density at radius 1 is 0.950 bits per heavy atom. The summed E-state index contributed by atoms with van der Waals surface area (Å²) in [4.78, 5) is 29.4. The molecule has 40 heavy (non-hydrogen) atoms. The van der Waals surface area contributed by atoms with Gasteiger partial charge in [-0.2, -0.15) is 0 Å². The minimum Gasteiger partial charge on any atom is -0.352 e. The summed E-state index contributed by atoms with van der Waals surface area (Å²) in [6, 6.07) is 21.1. The molecule has 0 heterocycles. The molecule has 0 radical (unpaired) electrons. The molecule has 0 aromatic heterocycles. The van der Waals surface area contributed by atoms with Gasteiger partial charge in [0.05, 0.1) is 11.9 Å². The summed E-state index contributed by atoms with van der Waals surface area (Å²) >= 11 is 6.31. The molecule has 2 unspecified atom stereocenters. The van der Waals surface area contributed by atoms with Gasteiger partial charge in [-0.05, 0) is 61.6 Å². The lowest BCUT2D eigenvalue weighted by Crippen LogP contribution is -2.54. The van der Waals surface area contributed by atoms with Gasteiger partial charge in [0, 0.05) is 24.0 Å². The van der Waals surface area contributed by atoms with Crippen molar-refractivity contribution in [1.29, 1.82) is 0 Å². The zero-order chi connectivity index (χ0) is 29.4. The number of benzene rings is 3. The molecule has 2 amide bonds. The van der Waals surface area contributed by atoms with Crippen molar-refractivity contribution in [1.82, 2.24) is 10.2 Å². The minimum absolute atomic E-state index is 0.0946. The fraction of sp³-hybridized carbons (Fsp3) is 0.355. The highest BCUT2D eigenvalue weighted by atomic mass is 35.5. The summed E-state index contributed by atoms with van der Waals surface area (Å²) in [7, 11) is -3.87. The highest BCUT2D eigenvalue weighted by molar-refractivity contribution is 7.92. The molecular weight excluding hydrogens is 546 g/mol. The van der Waals surface area contributed by atoms with Crippen LogP contribution < -0.4 is 9.62 Å². The number of halogens is 1. The van der Waals surface area contributed by atoms with E-state index in [1.807, 2.05) is 75.4 Å². The highest BCUT2D eigenvalue weighted by Gasteiger charge is 2.34. The van der Waals surface area contributed by atoms with Gasteiger partial charge < -0.3 is 10.2 Å². The van der Waals surface area contributed by atoms with Crippen LogP contribution in [0.25, 0.3) is 0 Å². The maximum Gasteiger partial charge on any atom is 0.244 e. The van der Waals surface area contributed by atoms with E-state index in [1.165, 1.54) is 4.90 Å². The first-order chi connectivity index (χ1) is 18.9. The third-order valence-corrected chi connectivity index (χ3v) is 8.60. The van der Waals surface area contributed by atoms with Gasteiger partial charge in [-0.1, -0.05) is 79.2 Å². The van der Waals surface area contributed by atoms with Crippen molar-refractivity contribution in [2.24, 2.45) is 0 Å². The Hall–Kier alpha value is -3.36. The van der Waals surface area contributed by atoms with Crippen molar-refractivity contribution in [2.45, 2.75) is 59.2 Å². The monoisotopic (exact) mass is 583 g/mol.